The fraction of sp³-hybridized carbons (Fsp3) is 0.484. The van der Waals surface area contributed by atoms with Crippen LogP contribution in [-0.2, 0) is 25.7 Å². The molecule has 1 amide bonds. The van der Waals surface area contributed by atoms with E-state index in [1.54, 1.807) is 0 Å². The van der Waals surface area contributed by atoms with Gasteiger partial charge in [-0.3, -0.25) is 14.5 Å². The first-order valence-corrected chi connectivity index (χ1v) is 13.9. The Morgan fingerprint density at radius 2 is 1.74 bits per heavy atom. The number of benzene rings is 2. The molecule has 0 radical (unpaired) electrons. The second-order valence-corrected chi connectivity index (χ2v) is 10.3. The summed E-state index contributed by atoms with van der Waals surface area (Å²) in [5.41, 5.74) is 3.46. The van der Waals surface area contributed by atoms with E-state index in [4.69, 9.17) is 14.6 Å². The molecule has 1 saturated carbocycles. The van der Waals surface area contributed by atoms with Gasteiger partial charge < -0.3 is 25.0 Å². The normalized spacial score (nSPS) is 23.7. The van der Waals surface area contributed by atoms with Crippen LogP contribution < -0.4 is 5.32 Å². The number of unbranched alkanes of at least 4 members (excludes halogenated alkanes) is 1. The number of hydrogen-bond acceptors (Lipinski definition) is 6. The zero-order valence-electron chi connectivity index (χ0n) is 22.4. The van der Waals surface area contributed by atoms with Gasteiger partial charge in [-0.2, -0.15) is 0 Å². The molecule has 210 valence electrons. The zero-order valence-corrected chi connectivity index (χ0v) is 22.4. The van der Waals surface area contributed by atoms with Crippen molar-refractivity contribution < 1.29 is 29.3 Å². The number of aliphatic hydroxyl groups is 1. The monoisotopic (exact) mass is 536 g/mol. The topological polar surface area (TPSA) is 108 Å². The van der Waals surface area contributed by atoms with Crippen LogP contribution in [0.1, 0.15) is 37.7 Å². The molecular formula is C31H40N2O6. The fourth-order valence-corrected chi connectivity index (χ4v) is 5.57. The lowest BCUT2D eigenvalue weighted by Gasteiger charge is -2.37. The van der Waals surface area contributed by atoms with Gasteiger partial charge in [-0.15, -0.1) is 0 Å². The number of carboxylic acids is 1. The van der Waals surface area contributed by atoms with E-state index in [1.165, 1.54) is 11.1 Å². The first-order chi connectivity index (χ1) is 19.0. The van der Waals surface area contributed by atoms with Gasteiger partial charge in [0.15, 0.2) is 0 Å². The van der Waals surface area contributed by atoms with E-state index < -0.39 is 12.1 Å². The standard InChI is InChI=1S/C31H40N2O6/c34-27-20-28(39-22-23-12-14-25(15-13-23)24-8-4-3-5-9-24)26(31(27)33-16-18-38-19-17-33)10-6-1-2-7-11-29(35)32-21-30(36)37/h1,3-6,8-9,12-15,26-28,31,34H,2,7,10-11,16-22H2,(H,32,35)(H,36,37). The van der Waals surface area contributed by atoms with Crippen molar-refractivity contribution in [3.8, 4) is 11.1 Å². The van der Waals surface area contributed by atoms with Crippen LogP contribution in [0.3, 0.4) is 0 Å². The van der Waals surface area contributed by atoms with Crippen molar-refractivity contribution in [2.24, 2.45) is 5.92 Å². The number of allylic oxidation sites excluding steroid dienone is 2. The minimum atomic E-state index is -1.04. The summed E-state index contributed by atoms with van der Waals surface area (Å²) in [7, 11) is 0. The molecule has 4 atom stereocenters. The third-order valence-corrected chi connectivity index (χ3v) is 7.56. The van der Waals surface area contributed by atoms with Crippen molar-refractivity contribution in [1.82, 2.24) is 10.2 Å². The summed E-state index contributed by atoms with van der Waals surface area (Å²) in [6, 6.07) is 18.8. The van der Waals surface area contributed by atoms with Crippen molar-refractivity contribution in [2.75, 3.05) is 32.8 Å². The summed E-state index contributed by atoms with van der Waals surface area (Å²) in [6.45, 7) is 3.11. The molecule has 2 aromatic carbocycles. The van der Waals surface area contributed by atoms with Crippen molar-refractivity contribution in [3.63, 3.8) is 0 Å². The predicted octanol–water partition coefficient (Wildman–Crippen LogP) is 3.64. The number of carbonyl (C=O) groups excluding carboxylic acids is 1. The maximum atomic E-state index is 11.7. The van der Waals surface area contributed by atoms with E-state index in [-0.39, 0.29) is 30.5 Å². The minimum Gasteiger partial charge on any atom is -0.480 e. The lowest BCUT2D eigenvalue weighted by atomic mass is 9.94. The van der Waals surface area contributed by atoms with Crippen LogP contribution in [0.15, 0.2) is 66.7 Å². The van der Waals surface area contributed by atoms with Crippen LogP contribution in [0, 0.1) is 5.92 Å². The Labute approximate surface area is 230 Å². The van der Waals surface area contributed by atoms with Gasteiger partial charge in [0.25, 0.3) is 0 Å². The van der Waals surface area contributed by atoms with Crippen LogP contribution in [0.4, 0.5) is 0 Å². The largest absolute Gasteiger partial charge is 0.480 e. The molecule has 1 aliphatic carbocycles. The number of ether oxygens (including phenoxy) is 2. The van der Waals surface area contributed by atoms with Gasteiger partial charge in [-0.05, 0) is 36.0 Å². The van der Waals surface area contributed by atoms with Gasteiger partial charge in [0.05, 0.1) is 32.0 Å². The first kappa shape index (κ1) is 29.0. The van der Waals surface area contributed by atoms with Crippen LogP contribution in [0.2, 0.25) is 0 Å². The summed E-state index contributed by atoms with van der Waals surface area (Å²) in [5, 5.41) is 22.1. The molecule has 2 aromatic rings. The number of carbonyl (C=O) groups is 2. The van der Waals surface area contributed by atoms with Gasteiger partial charge in [0.1, 0.15) is 6.54 Å². The smallest absolute Gasteiger partial charge is 0.322 e. The highest BCUT2D eigenvalue weighted by atomic mass is 16.5. The van der Waals surface area contributed by atoms with Gasteiger partial charge in [-0.25, -0.2) is 0 Å². The van der Waals surface area contributed by atoms with E-state index >= 15 is 0 Å². The molecule has 2 fully saturated rings. The summed E-state index contributed by atoms with van der Waals surface area (Å²) in [6.07, 6.45) is 6.76. The molecule has 0 bridgehead atoms. The molecule has 3 N–H and O–H groups in total. The maximum Gasteiger partial charge on any atom is 0.322 e. The minimum absolute atomic E-state index is 0.0193. The van der Waals surface area contributed by atoms with Crippen LogP contribution in [-0.4, -0.2) is 78.1 Å². The Morgan fingerprint density at radius 1 is 1.03 bits per heavy atom. The second-order valence-electron chi connectivity index (χ2n) is 10.3. The number of carboxylic acid groups (broad SMARTS) is 1. The van der Waals surface area contributed by atoms with Crippen LogP contribution in [0.25, 0.3) is 11.1 Å². The van der Waals surface area contributed by atoms with Crippen molar-refractivity contribution >= 4 is 11.9 Å². The predicted molar refractivity (Wildman–Crippen MR) is 149 cm³/mol. The highest BCUT2D eigenvalue weighted by molar-refractivity contribution is 5.81. The Hall–Kier alpha value is -3.04. The van der Waals surface area contributed by atoms with Crippen molar-refractivity contribution in [1.29, 1.82) is 0 Å². The quantitative estimate of drug-likeness (QED) is 0.265. The summed E-state index contributed by atoms with van der Waals surface area (Å²) in [4.78, 5) is 24.6. The lowest BCUT2D eigenvalue weighted by Crippen LogP contribution is -2.50. The lowest BCUT2D eigenvalue weighted by molar-refractivity contribution is -0.137. The van der Waals surface area contributed by atoms with E-state index in [9.17, 15) is 14.7 Å². The highest BCUT2D eigenvalue weighted by Gasteiger charge is 2.45. The molecule has 0 aromatic heterocycles. The Bertz CT molecular complexity index is 1070. The number of rotatable bonds is 13. The van der Waals surface area contributed by atoms with Gasteiger partial charge in [0, 0.05) is 37.9 Å². The van der Waals surface area contributed by atoms with Crippen molar-refractivity contribution in [3.05, 3.63) is 72.3 Å². The van der Waals surface area contributed by atoms with Crippen LogP contribution in [0.5, 0.6) is 0 Å². The number of nitrogens with one attached hydrogen (secondary N) is 1. The van der Waals surface area contributed by atoms with E-state index in [0.29, 0.717) is 39.1 Å². The first-order valence-electron chi connectivity index (χ1n) is 13.9. The average molecular weight is 537 g/mol. The Morgan fingerprint density at radius 3 is 2.46 bits per heavy atom. The number of amides is 1. The number of aliphatic hydroxyl groups excluding tert-OH is 1. The van der Waals surface area contributed by atoms with E-state index in [0.717, 1.165) is 31.5 Å². The fourth-order valence-electron chi connectivity index (χ4n) is 5.57. The summed E-state index contributed by atoms with van der Waals surface area (Å²) in [5.74, 6) is -1.14. The molecule has 1 aliphatic heterocycles. The molecule has 2 aliphatic rings. The molecule has 4 rings (SSSR count). The Balaban J connectivity index is 1.32. The molecule has 1 saturated heterocycles. The highest BCUT2D eigenvalue weighted by Crippen LogP contribution is 2.36. The SMILES string of the molecule is O=C(O)CNC(=O)CCCC=CCC1C(OCc2ccc(-c3ccccc3)cc2)CC(O)C1N1CCOCC1. The zero-order chi connectivity index (χ0) is 27.5. The van der Waals surface area contributed by atoms with E-state index in [2.05, 4.69) is 58.8 Å². The summed E-state index contributed by atoms with van der Waals surface area (Å²) < 4.78 is 12.0. The molecule has 1 heterocycles. The molecule has 39 heavy (non-hydrogen) atoms. The maximum absolute atomic E-state index is 11.7. The number of morpholine rings is 1. The van der Waals surface area contributed by atoms with Gasteiger partial charge in [0.2, 0.25) is 5.91 Å². The van der Waals surface area contributed by atoms with Crippen LogP contribution >= 0.6 is 0 Å². The van der Waals surface area contributed by atoms with E-state index in [1.807, 2.05) is 18.2 Å². The molecule has 8 nitrogen and oxygen atoms in total. The number of hydrogen-bond donors (Lipinski definition) is 3. The molecule has 8 heteroatoms. The second kappa shape index (κ2) is 14.9. The number of nitrogens with zero attached hydrogens (tertiary/aromatic N) is 1. The summed E-state index contributed by atoms with van der Waals surface area (Å²) >= 11 is 0. The van der Waals surface area contributed by atoms with Gasteiger partial charge in [-0.1, -0.05) is 66.7 Å². The third kappa shape index (κ3) is 8.73. The van der Waals surface area contributed by atoms with Gasteiger partial charge >= 0.3 is 5.97 Å². The average Bonchev–Trinajstić information content (AvgIpc) is 3.28. The van der Waals surface area contributed by atoms with Crippen molar-refractivity contribution in [2.45, 2.75) is 57.0 Å². The third-order valence-electron chi connectivity index (χ3n) is 7.56. The molecule has 0 spiro atoms. The Kier molecular flexibility index (Phi) is 11.1. The molecule has 4 unspecified atom stereocenters. The number of aliphatic carboxylic acids is 1. The molecular weight excluding hydrogens is 496 g/mol.